The molecule has 2 aromatic rings. The summed E-state index contributed by atoms with van der Waals surface area (Å²) in [5.74, 6) is 1.06. The fraction of sp³-hybridized carbons (Fsp3) is 0.476. The van der Waals surface area contributed by atoms with Crippen molar-refractivity contribution in [2.75, 3.05) is 32.8 Å². The quantitative estimate of drug-likeness (QED) is 0.778. The molecule has 0 aliphatic carbocycles. The van der Waals surface area contributed by atoms with Gasteiger partial charge in [0.1, 0.15) is 18.4 Å². The highest BCUT2D eigenvalue weighted by molar-refractivity contribution is 7.09. The fourth-order valence-corrected chi connectivity index (χ4v) is 4.55. The van der Waals surface area contributed by atoms with Crippen LogP contribution >= 0.6 is 11.3 Å². The first-order chi connectivity index (χ1) is 13.8. The third kappa shape index (κ3) is 5.11. The molecule has 2 aliphatic heterocycles. The zero-order valence-corrected chi connectivity index (χ0v) is 16.9. The molecule has 0 bridgehead atoms. The van der Waals surface area contributed by atoms with Crippen molar-refractivity contribution in [3.05, 3.63) is 52.7 Å². The third-order valence-corrected chi connectivity index (χ3v) is 6.20. The normalized spacial score (nSPS) is 23.5. The lowest BCUT2D eigenvalue weighted by Gasteiger charge is -2.24. The van der Waals surface area contributed by atoms with Gasteiger partial charge < -0.3 is 9.64 Å². The highest BCUT2D eigenvalue weighted by atomic mass is 32.1. The summed E-state index contributed by atoms with van der Waals surface area (Å²) in [5, 5.41) is 2.12. The zero-order valence-electron chi connectivity index (χ0n) is 16.0. The molecule has 150 valence electrons. The van der Waals surface area contributed by atoms with E-state index < -0.39 is 0 Å². The molecule has 0 spiro atoms. The van der Waals surface area contributed by atoms with Gasteiger partial charge in [-0.1, -0.05) is 24.3 Å². The number of thiophene rings is 1. The van der Waals surface area contributed by atoms with Gasteiger partial charge in [0.25, 0.3) is 0 Å². The number of hydrogen-bond donors (Lipinski definition) is 2. The smallest absolute Gasteiger partial charge is 0.241 e. The third-order valence-electron chi connectivity index (χ3n) is 5.33. The number of para-hydroxylation sites is 1. The van der Waals surface area contributed by atoms with Crippen molar-refractivity contribution >= 4 is 17.2 Å². The monoisotopic (exact) mass is 400 g/mol. The molecule has 2 N–H and O–H groups in total. The van der Waals surface area contributed by atoms with Gasteiger partial charge in [-0.15, -0.1) is 11.3 Å². The molecule has 2 aliphatic rings. The van der Waals surface area contributed by atoms with Crippen molar-refractivity contribution in [3.8, 4) is 5.75 Å². The summed E-state index contributed by atoms with van der Waals surface area (Å²) >= 11 is 1.80. The van der Waals surface area contributed by atoms with E-state index in [9.17, 15) is 4.79 Å². The number of rotatable bonds is 6. The number of hydrazine groups is 1. The van der Waals surface area contributed by atoms with E-state index in [0.29, 0.717) is 6.61 Å². The van der Waals surface area contributed by atoms with Crippen LogP contribution in [-0.2, 0) is 11.3 Å². The lowest BCUT2D eigenvalue weighted by molar-refractivity contribution is -0.133. The Balaban J connectivity index is 1.23. The number of carbonyl (C=O) groups is 1. The molecule has 2 atom stereocenters. The fourth-order valence-electron chi connectivity index (χ4n) is 3.80. The molecule has 2 saturated heterocycles. The zero-order chi connectivity index (χ0) is 19.2. The minimum atomic E-state index is -0.173. The van der Waals surface area contributed by atoms with Gasteiger partial charge in [0.05, 0.1) is 6.04 Å². The number of ether oxygens (including phenoxy) is 1. The Morgan fingerprint density at radius 1 is 1.07 bits per heavy atom. The van der Waals surface area contributed by atoms with E-state index in [1.807, 2.05) is 35.2 Å². The van der Waals surface area contributed by atoms with E-state index in [1.165, 1.54) is 4.88 Å². The van der Waals surface area contributed by atoms with Crippen molar-refractivity contribution in [2.24, 2.45) is 0 Å². The van der Waals surface area contributed by atoms with Crippen LogP contribution in [0.2, 0.25) is 0 Å². The van der Waals surface area contributed by atoms with E-state index in [2.05, 4.69) is 33.3 Å². The second kappa shape index (κ2) is 9.52. The molecule has 2 fully saturated rings. The van der Waals surface area contributed by atoms with Crippen LogP contribution in [0.5, 0.6) is 5.75 Å². The Labute approximate surface area is 170 Å². The first-order valence-corrected chi connectivity index (χ1v) is 10.9. The average molecular weight is 401 g/mol. The Bertz CT molecular complexity index is 740. The maximum absolute atomic E-state index is 13.0. The molecule has 6 nitrogen and oxygen atoms in total. The van der Waals surface area contributed by atoms with Crippen LogP contribution in [0, 0.1) is 0 Å². The Morgan fingerprint density at radius 3 is 2.79 bits per heavy atom. The lowest BCUT2D eigenvalue weighted by Crippen LogP contribution is -2.47. The Morgan fingerprint density at radius 2 is 1.96 bits per heavy atom. The first-order valence-electron chi connectivity index (χ1n) is 10.0. The molecule has 0 radical (unpaired) electrons. The van der Waals surface area contributed by atoms with Crippen LogP contribution in [0.1, 0.15) is 17.7 Å². The highest BCUT2D eigenvalue weighted by Gasteiger charge is 2.33. The van der Waals surface area contributed by atoms with Crippen molar-refractivity contribution in [1.29, 1.82) is 0 Å². The molecule has 2 unspecified atom stereocenters. The molecule has 4 rings (SSSR count). The van der Waals surface area contributed by atoms with Crippen LogP contribution in [0.15, 0.2) is 47.8 Å². The van der Waals surface area contributed by atoms with Gasteiger partial charge in [-0.25, -0.2) is 5.43 Å². The summed E-state index contributed by atoms with van der Waals surface area (Å²) < 4.78 is 5.81. The molecule has 28 heavy (non-hydrogen) atoms. The van der Waals surface area contributed by atoms with Gasteiger partial charge in [-0.2, -0.15) is 0 Å². The van der Waals surface area contributed by atoms with E-state index in [1.54, 1.807) is 11.3 Å². The van der Waals surface area contributed by atoms with E-state index >= 15 is 0 Å². The first kappa shape index (κ1) is 19.4. The average Bonchev–Trinajstić information content (AvgIpc) is 3.35. The van der Waals surface area contributed by atoms with Gasteiger partial charge >= 0.3 is 0 Å². The van der Waals surface area contributed by atoms with Crippen LogP contribution < -0.4 is 15.6 Å². The maximum Gasteiger partial charge on any atom is 0.241 e. The summed E-state index contributed by atoms with van der Waals surface area (Å²) in [7, 11) is 0. The number of nitrogens with zero attached hydrogens (tertiary/aromatic N) is 2. The Kier molecular flexibility index (Phi) is 6.59. The Hall–Kier alpha value is -1.93. The van der Waals surface area contributed by atoms with Gasteiger partial charge in [0.2, 0.25) is 5.91 Å². The summed E-state index contributed by atoms with van der Waals surface area (Å²) in [6.07, 6.45) is 1.78. The molecule has 0 saturated carbocycles. The topological polar surface area (TPSA) is 56.8 Å². The van der Waals surface area contributed by atoms with Gasteiger partial charge in [-0.05, 0) is 36.4 Å². The number of benzene rings is 1. The summed E-state index contributed by atoms with van der Waals surface area (Å²) in [6, 6.07) is 14.0. The van der Waals surface area contributed by atoms with Gasteiger partial charge in [0.15, 0.2) is 0 Å². The van der Waals surface area contributed by atoms with Crippen molar-refractivity contribution < 1.29 is 9.53 Å². The lowest BCUT2D eigenvalue weighted by atomic mass is 10.1. The summed E-state index contributed by atoms with van der Waals surface area (Å²) in [5.41, 5.74) is 6.39. The number of amides is 1. The molecule has 1 aromatic carbocycles. The van der Waals surface area contributed by atoms with E-state index in [4.69, 9.17) is 4.74 Å². The predicted octanol–water partition coefficient (Wildman–Crippen LogP) is 2.10. The molecular weight excluding hydrogens is 372 g/mol. The van der Waals surface area contributed by atoms with Crippen molar-refractivity contribution in [2.45, 2.75) is 31.5 Å². The van der Waals surface area contributed by atoms with Crippen LogP contribution in [0.4, 0.5) is 0 Å². The van der Waals surface area contributed by atoms with Gasteiger partial charge in [0, 0.05) is 37.6 Å². The van der Waals surface area contributed by atoms with Crippen LogP contribution in [0.3, 0.4) is 0 Å². The number of nitrogens with one attached hydrogen (secondary N) is 2. The van der Waals surface area contributed by atoms with Crippen molar-refractivity contribution in [3.63, 3.8) is 0 Å². The molecule has 3 heterocycles. The predicted molar refractivity (Wildman–Crippen MR) is 111 cm³/mol. The minimum absolute atomic E-state index is 0.136. The second-order valence-electron chi connectivity index (χ2n) is 7.43. The maximum atomic E-state index is 13.0. The summed E-state index contributed by atoms with van der Waals surface area (Å²) in [4.78, 5) is 18.8. The van der Waals surface area contributed by atoms with Crippen LogP contribution in [-0.4, -0.2) is 60.6 Å². The SMILES string of the molecule is O=C(C1CC(COc2ccccc2)NN1)N1CCCN(Cc2cccs2)CC1. The standard InChI is InChI=1S/C21H28N4O2S/c26-21(20-14-17(22-23-20)16-27-18-6-2-1-3-7-18)25-10-5-9-24(11-12-25)15-19-8-4-13-28-19/h1-4,6-8,13,17,20,22-23H,5,9-12,14-16H2. The molecule has 7 heteroatoms. The van der Waals surface area contributed by atoms with Crippen molar-refractivity contribution in [1.82, 2.24) is 20.7 Å². The van der Waals surface area contributed by atoms with Gasteiger partial charge in [-0.3, -0.25) is 15.1 Å². The largest absolute Gasteiger partial charge is 0.492 e. The second-order valence-corrected chi connectivity index (χ2v) is 8.46. The number of hydrogen-bond acceptors (Lipinski definition) is 6. The number of carbonyl (C=O) groups excluding carboxylic acids is 1. The molecule has 1 amide bonds. The molecule has 1 aromatic heterocycles. The summed E-state index contributed by atoms with van der Waals surface area (Å²) in [6.45, 7) is 5.16. The van der Waals surface area contributed by atoms with E-state index in [-0.39, 0.29) is 18.0 Å². The highest BCUT2D eigenvalue weighted by Crippen LogP contribution is 2.16. The van der Waals surface area contributed by atoms with Crippen LogP contribution in [0.25, 0.3) is 0 Å². The molecular formula is C21H28N4O2S. The minimum Gasteiger partial charge on any atom is -0.492 e. The van der Waals surface area contributed by atoms with E-state index in [0.717, 1.165) is 51.3 Å².